The molecule has 0 bridgehead atoms. The molecule has 0 saturated heterocycles. The van der Waals surface area contributed by atoms with Crippen LogP contribution < -0.4 is 9.46 Å². The van der Waals surface area contributed by atoms with Crippen molar-refractivity contribution in [3.8, 4) is 5.75 Å². The Morgan fingerprint density at radius 2 is 2.06 bits per heavy atom. The Morgan fingerprint density at radius 1 is 1.44 bits per heavy atom. The summed E-state index contributed by atoms with van der Waals surface area (Å²) < 4.78 is 30.6. The lowest BCUT2D eigenvalue weighted by Gasteiger charge is -2.10. The molecule has 18 heavy (non-hydrogen) atoms. The summed E-state index contributed by atoms with van der Waals surface area (Å²) in [5.41, 5.74) is 0.0656. The van der Waals surface area contributed by atoms with Crippen LogP contribution in [0.15, 0.2) is 21.5 Å². The standard InChI is InChI=1S/C10H10BrNO5S/c1-6(14)12-18(15,16)8-3-7(5-13)10(17-2)9(11)4-8/h3-5H,1-2H3,(H,12,14). The average Bonchev–Trinajstić information content (AvgIpc) is 2.26. The zero-order valence-corrected chi connectivity index (χ0v) is 12.0. The number of sulfonamides is 1. The topological polar surface area (TPSA) is 89.5 Å². The molecular formula is C10H10BrNO5S. The van der Waals surface area contributed by atoms with Crippen molar-refractivity contribution >= 4 is 38.1 Å². The van der Waals surface area contributed by atoms with Gasteiger partial charge in [-0.05, 0) is 28.1 Å². The number of rotatable bonds is 4. The summed E-state index contributed by atoms with van der Waals surface area (Å²) in [5, 5.41) is 0. The number of hydrogen-bond acceptors (Lipinski definition) is 5. The largest absolute Gasteiger partial charge is 0.495 e. The highest BCUT2D eigenvalue weighted by Gasteiger charge is 2.19. The number of aldehydes is 1. The summed E-state index contributed by atoms with van der Waals surface area (Å²) in [6, 6.07) is 2.37. The zero-order chi connectivity index (χ0) is 13.9. The van der Waals surface area contributed by atoms with Crippen molar-refractivity contribution in [1.29, 1.82) is 0 Å². The Bertz CT molecular complexity index is 597. The van der Waals surface area contributed by atoms with E-state index in [1.54, 1.807) is 0 Å². The summed E-state index contributed by atoms with van der Waals surface area (Å²) in [6.07, 6.45) is 0.469. The van der Waals surface area contributed by atoms with E-state index in [-0.39, 0.29) is 16.2 Å². The van der Waals surface area contributed by atoms with Crippen LogP contribution in [0.2, 0.25) is 0 Å². The second kappa shape index (κ2) is 5.49. The molecule has 1 aromatic carbocycles. The number of halogens is 1. The third-order valence-corrected chi connectivity index (χ3v) is 3.97. The first-order valence-corrected chi connectivity index (χ1v) is 6.95. The molecule has 0 aliphatic rings. The van der Waals surface area contributed by atoms with Crippen molar-refractivity contribution < 1.29 is 22.7 Å². The van der Waals surface area contributed by atoms with Crippen molar-refractivity contribution in [2.24, 2.45) is 0 Å². The molecule has 6 nitrogen and oxygen atoms in total. The molecule has 0 spiro atoms. The van der Waals surface area contributed by atoms with E-state index < -0.39 is 15.9 Å². The summed E-state index contributed by atoms with van der Waals surface area (Å²) in [7, 11) is -2.63. The van der Waals surface area contributed by atoms with E-state index in [1.807, 2.05) is 4.72 Å². The van der Waals surface area contributed by atoms with Gasteiger partial charge in [-0.25, -0.2) is 13.1 Å². The highest BCUT2D eigenvalue weighted by Crippen LogP contribution is 2.31. The number of carbonyl (C=O) groups is 2. The maximum Gasteiger partial charge on any atom is 0.264 e. The molecule has 0 heterocycles. The van der Waals surface area contributed by atoms with Gasteiger partial charge in [-0.15, -0.1) is 0 Å². The first-order valence-electron chi connectivity index (χ1n) is 4.68. The van der Waals surface area contributed by atoms with Gasteiger partial charge in [0.05, 0.1) is 22.0 Å². The average molecular weight is 336 g/mol. The van der Waals surface area contributed by atoms with Gasteiger partial charge >= 0.3 is 0 Å². The maximum absolute atomic E-state index is 11.8. The van der Waals surface area contributed by atoms with E-state index in [9.17, 15) is 18.0 Å². The van der Waals surface area contributed by atoms with E-state index in [4.69, 9.17) is 4.74 Å². The lowest BCUT2D eigenvalue weighted by atomic mass is 10.2. The number of methoxy groups -OCH3 is 1. The monoisotopic (exact) mass is 335 g/mol. The third-order valence-electron chi connectivity index (χ3n) is 1.97. The zero-order valence-electron chi connectivity index (χ0n) is 9.56. The number of ether oxygens (including phenoxy) is 1. The Balaban J connectivity index is 3.40. The fourth-order valence-corrected chi connectivity index (χ4v) is 3.14. The molecule has 0 unspecified atom stereocenters. The van der Waals surface area contributed by atoms with Gasteiger partial charge in [-0.3, -0.25) is 9.59 Å². The molecule has 0 aliphatic carbocycles. The van der Waals surface area contributed by atoms with Gasteiger partial charge in [-0.1, -0.05) is 0 Å². The molecule has 1 N–H and O–H groups in total. The summed E-state index contributed by atoms with van der Waals surface area (Å²) in [4.78, 5) is 21.5. The summed E-state index contributed by atoms with van der Waals surface area (Å²) in [5.74, 6) is -0.485. The number of benzene rings is 1. The lowest BCUT2D eigenvalue weighted by molar-refractivity contribution is -0.117. The highest BCUT2D eigenvalue weighted by atomic mass is 79.9. The highest BCUT2D eigenvalue weighted by molar-refractivity contribution is 9.10. The fourth-order valence-electron chi connectivity index (χ4n) is 1.29. The maximum atomic E-state index is 11.8. The van der Waals surface area contributed by atoms with Gasteiger partial charge in [0.15, 0.2) is 6.29 Å². The Morgan fingerprint density at radius 3 is 2.50 bits per heavy atom. The van der Waals surface area contributed by atoms with Gasteiger partial charge < -0.3 is 4.74 Å². The van der Waals surface area contributed by atoms with Crippen molar-refractivity contribution in [3.63, 3.8) is 0 Å². The molecule has 0 aliphatic heterocycles. The van der Waals surface area contributed by atoms with Crippen LogP contribution in [0.4, 0.5) is 0 Å². The lowest BCUT2D eigenvalue weighted by Crippen LogP contribution is -2.28. The minimum atomic E-state index is -3.98. The first kappa shape index (κ1) is 14.7. The Hall–Kier alpha value is -1.41. The van der Waals surface area contributed by atoms with Crippen LogP contribution in [0.5, 0.6) is 5.75 Å². The SMILES string of the molecule is COc1c(Br)cc(S(=O)(=O)NC(C)=O)cc1C=O. The Kier molecular flexibility index (Phi) is 4.47. The number of nitrogens with one attached hydrogen (secondary N) is 1. The van der Waals surface area contributed by atoms with Crippen molar-refractivity contribution in [1.82, 2.24) is 4.72 Å². The molecule has 0 radical (unpaired) electrons. The number of hydrogen-bond donors (Lipinski definition) is 1. The molecule has 0 aromatic heterocycles. The van der Waals surface area contributed by atoms with Crippen LogP contribution >= 0.6 is 15.9 Å². The summed E-state index contributed by atoms with van der Waals surface area (Å²) in [6.45, 7) is 1.08. The number of carbonyl (C=O) groups excluding carboxylic acids is 2. The molecule has 8 heteroatoms. The van der Waals surface area contributed by atoms with Gasteiger partial charge in [0.2, 0.25) is 5.91 Å². The minimum absolute atomic E-state index is 0.0656. The van der Waals surface area contributed by atoms with Crippen LogP contribution in [0, 0.1) is 0 Å². The normalized spacial score (nSPS) is 10.8. The molecule has 1 rings (SSSR count). The second-order valence-corrected chi connectivity index (χ2v) is 5.84. The molecule has 98 valence electrons. The van der Waals surface area contributed by atoms with Crippen LogP contribution in [0.1, 0.15) is 17.3 Å². The molecule has 0 fully saturated rings. The van der Waals surface area contributed by atoms with Gasteiger partial charge in [0.25, 0.3) is 10.0 Å². The van der Waals surface area contributed by atoms with Crippen molar-refractivity contribution in [2.75, 3.05) is 7.11 Å². The van der Waals surface area contributed by atoms with Gasteiger partial charge in [0, 0.05) is 6.92 Å². The Labute approximate surface area is 113 Å². The summed E-state index contributed by atoms with van der Waals surface area (Å²) >= 11 is 3.10. The van der Waals surface area contributed by atoms with E-state index in [0.717, 1.165) is 13.0 Å². The van der Waals surface area contributed by atoms with Crippen LogP contribution in [-0.4, -0.2) is 27.7 Å². The van der Waals surface area contributed by atoms with Gasteiger partial charge in [0.1, 0.15) is 5.75 Å². The van der Waals surface area contributed by atoms with Crippen LogP contribution in [-0.2, 0) is 14.8 Å². The smallest absolute Gasteiger partial charge is 0.264 e. The van der Waals surface area contributed by atoms with Crippen molar-refractivity contribution in [3.05, 3.63) is 22.2 Å². The first-order chi connectivity index (χ1) is 8.31. The molecule has 0 atom stereocenters. The molecule has 1 aromatic rings. The molecule has 1 amide bonds. The number of amides is 1. The molecule has 0 saturated carbocycles. The second-order valence-electron chi connectivity index (χ2n) is 3.31. The van der Waals surface area contributed by atoms with E-state index >= 15 is 0 Å². The predicted octanol–water partition coefficient (Wildman–Crippen LogP) is 1.09. The van der Waals surface area contributed by atoms with Crippen molar-refractivity contribution in [2.45, 2.75) is 11.8 Å². The third kappa shape index (κ3) is 3.08. The minimum Gasteiger partial charge on any atom is -0.495 e. The van der Waals surface area contributed by atoms with Crippen LogP contribution in [0.25, 0.3) is 0 Å². The van der Waals surface area contributed by atoms with E-state index in [2.05, 4.69) is 15.9 Å². The van der Waals surface area contributed by atoms with Gasteiger partial charge in [-0.2, -0.15) is 0 Å². The quantitative estimate of drug-likeness (QED) is 0.832. The fraction of sp³-hybridized carbons (Fsp3) is 0.200. The van der Waals surface area contributed by atoms with E-state index in [1.165, 1.54) is 13.2 Å². The molecular weight excluding hydrogens is 326 g/mol. The van der Waals surface area contributed by atoms with Crippen LogP contribution in [0.3, 0.4) is 0 Å². The predicted molar refractivity (Wildman–Crippen MR) is 67.1 cm³/mol. The van der Waals surface area contributed by atoms with E-state index in [0.29, 0.717) is 10.8 Å².